The molecule has 0 bridgehead atoms. The van der Waals surface area contributed by atoms with Crippen LogP contribution in [0.1, 0.15) is 27.6 Å². The number of hydrogen-bond donors (Lipinski definition) is 1. The molecule has 11 heteroatoms. The van der Waals surface area contributed by atoms with E-state index in [9.17, 15) is 29.3 Å². The summed E-state index contributed by atoms with van der Waals surface area (Å²) in [6, 6.07) is 8.36. The normalized spacial score (nSPS) is 13.6. The molecule has 1 aliphatic heterocycles. The van der Waals surface area contributed by atoms with Crippen LogP contribution < -0.4 is 5.32 Å². The highest BCUT2D eigenvalue weighted by atomic mass is 35.5. The number of esters is 1. The third-order valence-corrected chi connectivity index (χ3v) is 4.66. The van der Waals surface area contributed by atoms with Crippen LogP contribution in [0.25, 0.3) is 0 Å². The van der Waals surface area contributed by atoms with Gasteiger partial charge in [0.05, 0.1) is 26.8 Å². The number of non-ortho nitro benzene ring substituents is 1. The van der Waals surface area contributed by atoms with Crippen molar-refractivity contribution >= 4 is 46.7 Å². The van der Waals surface area contributed by atoms with Gasteiger partial charge in [-0.1, -0.05) is 23.7 Å². The van der Waals surface area contributed by atoms with Crippen molar-refractivity contribution in [2.75, 3.05) is 11.9 Å². The molecule has 1 heterocycles. The fraction of sp³-hybridized carbons (Fsp3) is 0.158. The second kappa shape index (κ2) is 8.29. The lowest BCUT2D eigenvalue weighted by molar-refractivity contribution is -0.384. The Morgan fingerprint density at radius 3 is 2.33 bits per heavy atom. The molecule has 0 fully saturated rings. The third kappa shape index (κ3) is 3.98. The Morgan fingerprint density at radius 1 is 1.17 bits per heavy atom. The Kier molecular flexibility index (Phi) is 5.79. The molecule has 0 aromatic heterocycles. The zero-order valence-corrected chi connectivity index (χ0v) is 16.2. The van der Waals surface area contributed by atoms with Gasteiger partial charge in [0.25, 0.3) is 23.4 Å². The van der Waals surface area contributed by atoms with Crippen molar-refractivity contribution in [1.29, 1.82) is 0 Å². The summed E-state index contributed by atoms with van der Waals surface area (Å²) in [6.45, 7) is 0.560. The Bertz CT molecular complexity index is 1050. The molecule has 1 aliphatic rings. The molecule has 30 heavy (non-hydrogen) atoms. The van der Waals surface area contributed by atoms with E-state index < -0.39 is 41.3 Å². The number of nitro groups is 1. The summed E-state index contributed by atoms with van der Waals surface area (Å²) in [5.74, 6) is -3.04. The minimum Gasteiger partial charge on any atom is -0.454 e. The maximum absolute atomic E-state index is 12.4. The summed E-state index contributed by atoms with van der Waals surface area (Å²) in [6.07, 6.45) is 0. The number of hydrogen-bond acceptors (Lipinski definition) is 7. The Labute approximate surface area is 174 Å². The van der Waals surface area contributed by atoms with Crippen LogP contribution >= 0.6 is 11.6 Å². The fourth-order valence-corrected chi connectivity index (χ4v) is 3.00. The first-order valence-corrected chi connectivity index (χ1v) is 8.96. The van der Waals surface area contributed by atoms with Gasteiger partial charge in [0.15, 0.2) is 6.61 Å². The first kappa shape index (κ1) is 20.9. The molecule has 1 N–H and O–H groups in total. The molecule has 3 amide bonds. The number of carbonyl (C=O) groups excluding carboxylic acids is 4. The standard InChI is InChI=1S/C19H14ClN3O7/c1-10(22-17(25)12-4-2-3-5-13(12)18(22)26)19(27)30-9-16(24)21-15-8-11(23(28)29)6-7-14(15)20/h2-8,10H,9H2,1H3,(H,21,24)/t10-/m1/s1. The molecule has 0 aliphatic carbocycles. The van der Waals surface area contributed by atoms with E-state index in [1.807, 2.05) is 0 Å². The molecule has 3 rings (SSSR count). The third-order valence-electron chi connectivity index (χ3n) is 4.33. The van der Waals surface area contributed by atoms with E-state index in [1.165, 1.54) is 31.2 Å². The van der Waals surface area contributed by atoms with Crippen molar-refractivity contribution < 1.29 is 28.8 Å². The fourth-order valence-electron chi connectivity index (χ4n) is 2.83. The molecule has 1 atom stereocenters. The van der Waals surface area contributed by atoms with Crippen molar-refractivity contribution in [2.24, 2.45) is 0 Å². The number of ether oxygens (including phenoxy) is 1. The van der Waals surface area contributed by atoms with Gasteiger partial charge in [-0.05, 0) is 25.1 Å². The maximum Gasteiger partial charge on any atom is 0.329 e. The van der Waals surface area contributed by atoms with Crippen LogP contribution in [0.5, 0.6) is 0 Å². The topological polar surface area (TPSA) is 136 Å². The zero-order chi connectivity index (χ0) is 22.0. The number of carbonyl (C=O) groups is 4. The van der Waals surface area contributed by atoms with E-state index >= 15 is 0 Å². The monoisotopic (exact) mass is 431 g/mol. The molecule has 0 spiro atoms. The average Bonchev–Trinajstić information content (AvgIpc) is 2.97. The van der Waals surface area contributed by atoms with Gasteiger partial charge >= 0.3 is 5.97 Å². The number of halogens is 1. The van der Waals surface area contributed by atoms with Crippen LogP contribution in [0.3, 0.4) is 0 Å². The number of anilines is 1. The largest absolute Gasteiger partial charge is 0.454 e. The molecule has 10 nitrogen and oxygen atoms in total. The summed E-state index contributed by atoms with van der Waals surface area (Å²) < 4.78 is 4.89. The minimum atomic E-state index is -1.26. The number of nitrogens with one attached hydrogen (secondary N) is 1. The first-order chi connectivity index (χ1) is 14.2. The van der Waals surface area contributed by atoms with Gasteiger partial charge in [0, 0.05) is 12.1 Å². The maximum atomic E-state index is 12.4. The quantitative estimate of drug-likeness (QED) is 0.321. The van der Waals surface area contributed by atoms with E-state index in [0.717, 1.165) is 11.0 Å². The molecule has 154 valence electrons. The van der Waals surface area contributed by atoms with Crippen molar-refractivity contribution in [2.45, 2.75) is 13.0 Å². The lowest BCUT2D eigenvalue weighted by Gasteiger charge is -2.20. The van der Waals surface area contributed by atoms with Crippen LogP contribution in [0, 0.1) is 10.1 Å². The molecule has 2 aromatic carbocycles. The van der Waals surface area contributed by atoms with Crippen molar-refractivity contribution in [3.8, 4) is 0 Å². The SMILES string of the molecule is C[C@H](C(=O)OCC(=O)Nc1cc([N+](=O)[O-])ccc1Cl)N1C(=O)c2ccccc2C1=O. The summed E-state index contributed by atoms with van der Waals surface area (Å²) in [5.41, 5.74) is 0.0478. The lowest BCUT2D eigenvalue weighted by atomic mass is 10.1. The molecular weight excluding hydrogens is 418 g/mol. The summed E-state index contributed by atoms with van der Waals surface area (Å²) in [4.78, 5) is 60.1. The lowest BCUT2D eigenvalue weighted by Crippen LogP contribution is -2.44. The smallest absolute Gasteiger partial charge is 0.329 e. The predicted molar refractivity (Wildman–Crippen MR) is 104 cm³/mol. The molecule has 0 radical (unpaired) electrons. The van der Waals surface area contributed by atoms with Gasteiger partial charge in [0.2, 0.25) is 0 Å². The number of amides is 3. The van der Waals surface area contributed by atoms with Crippen LogP contribution in [0.2, 0.25) is 5.02 Å². The number of nitrogens with zero attached hydrogens (tertiary/aromatic N) is 2. The van der Waals surface area contributed by atoms with Gasteiger partial charge in [-0.2, -0.15) is 0 Å². The highest BCUT2D eigenvalue weighted by molar-refractivity contribution is 6.33. The Hall–Kier alpha value is -3.79. The molecule has 0 saturated heterocycles. The Morgan fingerprint density at radius 2 is 1.77 bits per heavy atom. The van der Waals surface area contributed by atoms with Crippen molar-refractivity contribution in [3.63, 3.8) is 0 Å². The van der Waals surface area contributed by atoms with Gasteiger partial charge in [-0.15, -0.1) is 0 Å². The molecule has 0 saturated carbocycles. The summed E-state index contributed by atoms with van der Waals surface area (Å²) in [7, 11) is 0. The first-order valence-electron chi connectivity index (χ1n) is 8.58. The van der Waals surface area contributed by atoms with E-state index in [2.05, 4.69) is 5.32 Å². The highest BCUT2D eigenvalue weighted by Crippen LogP contribution is 2.27. The van der Waals surface area contributed by atoms with Crippen LogP contribution in [0.15, 0.2) is 42.5 Å². The number of fused-ring (bicyclic) bond motifs is 1. The second-order valence-electron chi connectivity index (χ2n) is 6.28. The number of nitro benzene ring substituents is 1. The predicted octanol–water partition coefficient (Wildman–Crippen LogP) is 2.41. The van der Waals surface area contributed by atoms with E-state index in [-0.39, 0.29) is 27.5 Å². The van der Waals surface area contributed by atoms with Gasteiger partial charge in [-0.3, -0.25) is 29.4 Å². The molecule has 0 unspecified atom stereocenters. The van der Waals surface area contributed by atoms with Crippen LogP contribution in [-0.2, 0) is 14.3 Å². The van der Waals surface area contributed by atoms with Crippen LogP contribution in [0.4, 0.5) is 11.4 Å². The van der Waals surface area contributed by atoms with E-state index in [1.54, 1.807) is 12.1 Å². The van der Waals surface area contributed by atoms with Crippen molar-refractivity contribution in [3.05, 3.63) is 68.7 Å². The molecular formula is C19H14ClN3O7. The van der Waals surface area contributed by atoms with E-state index in [0.29, 0.717) is 0 Å². The van der Waals surface area contributed by atoms with Gasteiger partial charge in [0.1, 0.15) is 6.04 Å². The zero-order valence-electron chi connectivity index (χ0n) is 15.5. The Balaban J connectivity index is 1.61. The van der Waals surface area contributed by atoms with Crippen molar-refractivity contribution in [1.82, 2.24) is 4.90 Å². The summed E-state index contributed by atoms with van der Waals surface area (Å²) >= 11 is 5.89. The number of benzene rings is 2. The number of rotatable bonds is 6. The minimum absolute atomic E-state index is 0.0275. The summed E-state index contributed by atoms with van der Waals surface area (Å²) in [5, 5.41) is 13.2. The second-order valence-corrected chi connectivity index (χ2v) is 6.69. The van der Waals surface area contributed by atoms with Gasteiger partial charge in [-0.25, -0.2) is 4.79 Å². The highest BCUT2D eigenvalue weighted by Gasteiger charge is 2.41. The van der Waals surface area contributed by atoms with Crippen LogP contribution in [-0.4, -0.2) is 46.2 Å². The average molecular weight is 432 g/mol. The van der Waals surface area contributed by atoms with E-state index in [4.69, 9.17) is 16.3 Å². The van der Waals surface area contributed by atoms with Gasteiger partial charge < -0.3 is 10.1 Å². The number of imide groups is 1. The molecule has 2 aromatic rings.